The van der Waals surface area contributed by atoms with Gasteiger partial charge in [-0.1, -0.05) is 25.0 Å². The quantitative estimate of drug-likeness (QED) is 0.895. The molecule has 1 aromatic rings. The van der Waals surface area contributed by atoms with Gasteiger partial charge in [-0.2, -0.15) is 0 Å². The summed E-state index contributed by atoms with van der Waals surface area (Å²) in [6.45, 7) is 0.259. The van der Waals surface area contributed by atoms with Crippen molar-refractivity contribution in [3.63, 3.8) is 0 Å². The molecule has 0 radical (unpaired) electrons. The minimum atomic E-state index is -0.0960. The lowest BCUT2D eigenvalue weighted by Crippen LogP contribution is -2.42. The number of fused-ring (bicyclic) bond motifs is 1. The van der Waals surface area contributed by atoms with Gasteiger partial charge in [0.1, 0.15) is 5.82 Å². The molecule has 2 nitrogen and oxygen atoms in total. The lowest BCUT2D eigenvalue weighted by Gasteiger charge is -2.36. The fourth-order valence-corrected chi connectivity index (χ4v) is 4.60. The lowest BCUT2D eigenvalue weighted by molar-refractivity contribution is 0.145. The van der Waals surface area contributed by atoms with E-state index in [0.717, 1.165) is 35.5 Å². The highest BCUT2D eigenvalue weighted by molar-refractivity contribution is 7.99. The molecule has 1 aliphatic heterocycles. The third kappa shape index (κ3) is 2.87. The molecule has 1 fully saturated rings. The normalized spacial score (nSPS) is 30.0. The minimum Gasteiger partial charge on any atom is -0.396 e. The highest BCUT2D eigenvalue weighted by Gasteiger charge is 2.29. The van der Waals surface area contributed by atoms with E-state index in [1.54, 1.807) is 23.9 Å². The van der Waals surface area contributed by atoms with Gasteiger partial charge in [-0.05, 0) is 42.6 Å². The Labute approximate surface area is 124 Å². The number of benzene rings is 1. The maximum absolute atomic E-state index is 13.9. The number of hydrogen-bond acceptors (Lipinski definition) is 3. The van der Waals surface area contributed by atoms with Gasteiger partial charge < -0.3 is 10.4 Å². The van der Waals surface area contributed by atoms with E-state index < -0.39 is 0 Å². The maximum Gasteiger partial charge on any atom is 0.137 e. The van der Waals surface area contributed by atoms with Crippen LogP contribution in [0.4, 0.5) is 4.39 Å². The molecule has 4 heteroatoms. The van der Waals surface area contributed by atoms with Gasteiger partial charge >= 0.3 is 0 Å². The molecule has 110 valence electrons. The maximum atomic E-state index is 13.9. The molecule has 3 atom stereocenters. The number of rotatable bonds is 3. The standard InChI is InChI=1S/C16H22FNOS/c17-13-6-3-5-12-15(8-9-20-16(12)13)18-14-7-2-1-4-11(14)10-19/h3,5-6,11,14-15,18-19H,1-2,4,7-10H2. The molecule has 3 unspecified atom stereocenters. The van der Waals surface area contributed by atoms with Gasteiger partial charge in [0.05, 0.1) is 0 Å². The summed E-state index contributed by atoms with van der Waals surface area (Å²) in [5.41, 5.74) is 1.10. The van der Waals surface area contributed by atoms with Crippen molar-refractivity contribution in [3.8, 4) is 0 Å². The van der Waals surface area contributed by atoms with Crippen molar-refractivity contribution in [1.29, 1.82) is 0 Å². The summed E-state index contributed by atoms with van der Waals surface area (Å²) >= 11 is 1.62. The van der Waals surface area contributed by atoms with E-state index in [1.807, 2.05) is 6.07 Å². The van der Waals surface area contributed by atoms with Crippen molar-refractivity contribution in [3.05, 3.63) is 29.6 Å². The summed E-state index contributed by atoms with van der Waals surface area (Å²) in [5, 5.41) is 13.2. The monoisotopic (exact) mass is 295 g/mol. The molecule has 2 aliphatic rings. The zero-order valence-electron chi connectivity index (χ0n) is 11.6. The van der Waals surface area contributed by atoms with Crippen LogP contribution in [0.5, 0.6) is 0 Å². The summed E-state index contributed by atoms with van der Waals surface area (Å²) < 4.78 is 13.9. The Bertz CT molecular complexity index is 468. The average Bonchev–Trinajstić information content (AvgIpc) is 2.49. The molecule has 0 saturated heterocycles. The number of nitrogens with one attached hydrogen (secondary N) is 1. The SMILES string of the molecule is OCC1CCCCC1NC1CCSc2c(F)cccc21. The number of halogens is 1. The average molecular weight is 295 g/mol. The lowest BCUT2D eigenvalue weighted by atomic mass is 9.84. The van der Waals surface area contributed by atoms with Gasteiger partial charge in [0, 0.05) is 23.6 Å². The summed E-state index contributed by atoms with van der Waals surface area (Å²) in [7, 11) is 0. The highest BCUT2D eigenvalue weighted by Crippen LogP contribution is 2.39. The molecule has 1 aliphatic carbocycles. The van der Waals surface area contributed by atoms with Crippen LogP contribution >= 0.6 is 11.8 Å². The predicted molar refractivity (Wildman–Crippen MR) is 80.4 cm³/mol. The van der Waals surface area contributed by atoms with Crippen molar-refractivity contribution < 1.29 is 9.50 Å². The fourth-order valence-electron chi connectivity index (χ4n) is 3.46. The van der Waals surface area contributed by atoms with E-state index >= 15 is 0 Å². The van der Waals surface area contributed by atoms with Crippen LogP contribution in [0.25, 0.3) is 0 Å². The Hall–Kier alpha value is -0.580. The topological polar surface area (TPSA) is 32.3 Å². The molecule has 0 amide bonds. The van der Waals surface area contributed by atoms with Gasteiger partial charge in [-0.15, -0.1) is 11.8 Å². The Balaban J connectivity index is 1.77. The van der Waals surface area contributed by atoms with Crippen molar-refractivity contribution in [1.82, 2.24) is 5.32 Å². The van der Waals surface area contributed by atoms with Crippen LogP contribution < -0.4 is 5.32 Å². The second kappa shape index (κ2) is 6.46. The third-order valence-corrected chi connectivity index (χ3v) is 5.74. The molecule has 1 heterocycles. The molecular formula is C16H22FNOS. The van der Waals surface area contributed by atoms with E-state index in [1.165, 1.54) is 12.8 Å². The van der Waals surface area contributed by atoms with Gasteiger partial charge in [-0.25, -0.2) is 4.39 Å². The molecule has 0 bridgehead atoms. The number of thioether (sulfide) groups is 1. The van der Waals surface area contributed by atoms with Crippen LogP contribution in [0.3, 0.4) is 0 Å². The molecular weight excluding hydrogens is 273 g/mol. The van der Waals surface area contributed by atoms with Crippen molar-refractivity contribution in [2.45, 2.75) is 49.1 Å². The Kier molecular flexibility index (Phi) is 4.64. The van der Waals surface area contributed by atoms with E-state index in [9.17, 15) is 9.50 Å². The predicted octanol–water partition coefficient (Wildman–Crippen LogP) is 3.50. The molecule has 0 spiro atoms. The van der Waals surface area contributed by atoms with Gasteiger partial charge in [0.2, 0.25) is 0 Å². The Morgan fingerprint density at radius 2 is 2.10 bits per heavy atom. The number of aliphatic hydroxyl groups is 1. The van der Waals surface area contributed by atoms with E-state index in [4.69, 9.17) is 0 Å². The van der Waals surface area contributed by atoms with Gasteiger partial charge in [-0.3, -0.25) is 0 Å². The van der Waals surface area contributed by atoms with Crippen LogP contribution in [0.2, 0.25) is 0 Å². The molecule has 20 heavy (non-hydrogen) atoms. The van der Waals surface area contributed by atoms with E-state index in [2.05, 4.69) is 5.32 Å². The first-order valence-corrected chi connectivity index (χ1v) is 8.56. The van der Waals surface area contributed by atoms with Crippen molar-refractivity contribution >= 4 is 11.8 Å². The van der Waals surface area contributed by atoms with Crippen LogP contribution in [0.1, 0.15) is 43.7 Å². The number of hydrogen-bond donors (Lipinski definition) is 2. The van der Waals surface area contributed by atoms with Crippen LogP contribution in [0, 0.1) is 11.7 Å². The van der Waals surface area contributed by atoms with Gasteiger partial charge in [0.25, 0.3) is 0 Å². The van der Waals surface area contributed by atoms with Crippen molar-refractivity contribution in [2.75, 3.05) is 12.4 Å². The molecule has 1 saturated carbocycles. The molecule has 3 rings (SSSR count). The van der Waals surface area contributed by atoms with E-state index in [-0.39, 0.29) is 18.5 Å². The van der Waals surface area contributed by atoms with E-state index in [0.29, 0.717) is 12.0 Å². The molecule has 2 N–H and O–H groups in total. The summed E-state index contributed by atoms with van der Waals surface area (Å²) in [6, 6.07) is 6.00. The second-order valence-electron chi connectivity index (χ2n) is 5.85. The first-order chi connectivity index (χ1) is 9.79. The largest absolute Gasteiger partial charge is 0.396 e. The number of aliphatic hydroxyl groups excluding tert-OH is 1. The molecule has 0 aromatic heterocycles. The third-order valence-electron chi connectivity index (χ3n) is 4.58. The van der Waals surface area contributed by atoms with Gasteiger partial charge in [0.15, 0.2) is 0 Å². The van der Waals surface area contributed by atoms with Crippen LogP contribution in [0.15, 0.2) is 23.1 Å². The summed E-state index contributed by atoms with van der Waals surface area (Å²) in [6.07, 6.45) is 5.71. The first-order valence-electron chi connectivity index (χ1n) is 7.57. The van der Waals surface area contributed by atoms with Crippen LogP contribution in [-0.2, 0) is 0 Å². The zero-order chi connectivity index (χ0) is 13.9. The zero-order valence-corrected chi connectivity index (χ0v) is 12.5. The van der Waals surface area contributed by atoms with Crippen LogP contribution in [-0.4, -0.2) is 23.5 Å². The van der Waals surface area contributed by atoms with Crippen molar-refractivity contribution in [2.24, 2.45) is 5.92 Å². The fraction of sp³-hybridized carbons (Fsp3) is 0.625. The smallest absolute Gasteiger partial charge is 0.137 e. The first kappa shape index (κ1) is 14.4. The minimum absolute atomic E-state index is 0.0960. The second-order valence-corrected chi connectivity index (χ2v) is 6.95. The summed E-state index contributed by atoms with van der Waals surface area (Å²) in [4.78, 5) is 0.813. The Morgan fingerprint density at radius 1 is 1.25 bits per heavy atom. The Morgan fingerprint density at radius 3 is 2.95 bits per heavy atom. The summed E-state index contributed by atoms with van der Waals surface area (Å²) in [5.74, 6) is 1.22. The highest BCUT2D eigenvalue weighted by atomic mass is 32.2. The molecule has 1 aromatic carbocycles.